The Hall–Kier alpha value is -2.09. The fourth-order valence-corrected chi connectivity index (χ4v) is 2.25. The van der Waals surface area contributed by atoms with Gasteiger partial charge in [0.05, 0.1) is 34.1 Å². The van der Waals surface area contributed by atoms with E-state index >= 15 is 0 Å². The Labute approximate surface area is 145 Å². The molecule has 0 unspecified atom stereocenters. The molecule has 126 valence electrons. The molecule has 0 saturated heterocycles. The number of hydrogen-bond acceptors (Lipinski definition) is 4. The van der Waals surface area contributed by atoms with Gasteiger partial charge in [0, 0.05) is 0 Å². The van der Waals surface area contributed by atoms with E-state index in [1.165, 1.54) is 6.92 Å². The second-order valence-electron chi connectivity index (χ2n) is 4.86. The van der Waals surface area contributed by atoms with Crippen LogP contribution < -0.4 is 11.1 Å². The summed E-state index contributed by atoms with van der Waals surface area (Å²) < 4.78 is 27.8. The number of anilines is 1. The monoisotopic (exact) mass is 373 g/mol. The van der Waals surface area contributed by atoms with E-state index in [9.17, 15) is 18.4 Å². The zero-order valence-electron chi connectivity index (χ0n) is 12.2. The lowest BCUT2D eigenvalue weighted by Gasteiger charge is -2.14. The lowest BCUT2D eigenvalue weighted by Crippen LogP contribution is -2.33. The summed E-state index contributed by atoms with van der Waals surface area (Å²) in [6.07, 6.45) is 1.06. The number of ketones is 1. The lowest BCUT2D eigenvalue weighted by molar-refractivity contribution is -0.117. The number of nitrogens with zero attached hydrogens (tertiary/aromatic N) is 1. The molecule has 0 bridgehead atoms. The minimum Gasteiger partial charge on any atom is -0.323 e. The summed E-state index contributed by atoms with van der Waals surface area (Å²) in [7, 11) is 0. The van der Waals surface area contributed by atoms with Crippen LogP contribution in [0.4, 0.5) is 14.5 Å². The van der Waals surface area contributed by atoms with Crippen LogP contribution in [0, 0.1) is 11.6 Å². The third-order valence-electron chi connectivity index (χ3n) is 3.07. The first kappa shape index (κ1) is 18.3. The highest BCUT2D eigenvalue weighted by molar-refractivity contribution is 6.44. The zero-order valence-corrected chi connectivity index (χ0v) is 13.8. The van der Waals surface area contributed by atoms with Crippen LogP contribution in [0.1, 0.15) is 22.8 Å². The molecule has 1 amide bonds. The van der Waals surface area contributed by atoms with Crippen molar-refractivity contribution in [2.45, 2.75) is 13.0 Å². The molecule has 9 heteroatoms. The molecule has 0 aliphatic rings. The van der Waals surface area contributed by atoms with E-state index in [1.54, 1.807) is 0 Å². The molecular formula is C15H11Cl2F2N3O2. The van der Waals surface area contributed by atoms with Crippen LogP contribution in [0.25, 0.3) is 0 Å². The Bertz CT molecular complexity index is 808. The van der Waals surface area contributed by atoms with E-state index in [1.807, 2.05) is 0 Å². The molecular weight excluding hydrogens is 363 g/mol. The molecule has 24 heavy (non-hydrogen) atoms. The van der Waals surface area contributed by atoms with Gasteiger partial charge in [-0.2, -0.15) is 0 Å². The molecule has 0 fully saturated rings. The maximum atomic E-state index is 13.9. The Balaban J connectivity index is 2.62. The molecule has 1 atom stereocenters. The average molecular weight is 374 g/mol. The third-order valence-corrected chi connectivity index (χ3v) is 3.82. The number of hydrogen-bond donors (Lipinski definition) is 2. The standard InChI is InChI=1S/C15H11Cl2F2N3O2/c1-6(20)15(24)22-9-5-21-14(17)12(16)11(9)13(23)10-7(18)3-2-4-8(10)19/h2-6H,20H2,1H3,(H,22,24)/t6-/m0/s1. The van der Waals surface area contributed by atoms with Crippen molar-refractivity contribution in [3.8, 4) is 0 Å². The smallest absolute Gasteiger partial charge is 0.241 e. The summed E-state index contributed by atoms with van der Waals surface area (Å²) in [5.74, 6) is -3.87. The van der Waals surface area contributed by atoms with Crippen LogP contribution in [0.5, 0.6) is 0 Å². The number of amides is 1. The van der Waals surface area contributed by atoms with Gasteiger partial charge < -0.3 is 11.1 Å². The number of aromatic nitrogens is 1. The van der Waals surface area contributed by atoms with Gasteiger partial charge in [-0.25, -0.2) is 13.8 Å². The molecule has 1 aromatic carbocycles. The van der Waals surface area contributed by atoms with Gasteiger partial charge in [-0.1, -0.05) is 29.3 Å². The molecule has 2 aromatic rings. The highest BCUT2D eigenvalue weighted by atomic mass is 35.5. The number of carbonyl (C=O) groups excluding carboxylic acids is 2. The second kappa shape index (κ2) is 7.21. The van der Waals surface area contributed by atoms with Crippen LogP contribution in [0.3, 0.4) is 0 Å². The van der Waals surface area contributed by atoms with Crippen LogP contribution in [0.15, 0.2) is 24.4 Å². The number of carbonyl (C=O) groups is 2. The van der Waals surface area contributed by atoms with Gasteiger partial charge in [0.25, 0.3) is 0 Å². The summed E-state index contributed by atoms with van der Waals surface area (Å²) in [5.41, 5.74) is 4.09. The molecule has 0 aliphatic heterocycles. The van der Waals surface area contributed by atoms with Gasteiger partial charge in [0.15, 0.2) is 0 Å². The van der Waals surface area contributed by atoms with Crippen molar-refractivity contribution in [1.29, 1.82) is 0 Å². The molecule has 0 saturated carbocycles. The van der Waals surface area contributed by atoms with E-state index in [-0.39, 0.29) is 21.4 Å². The van der Waals surface area contributed by atoms with Crippen molar-refractivity contribution in [2.75, 3.05) is 5.32 Å². The minimum atomic E-state index is -1.08. The van der Waals surface area contributed by atoms with Crippen molar-refractivity contribution < 1.29 is 18.4 Å². The molecule has 1 aromatic heterocycles. The maximum Gasteiger partial charge on any atom is 0.241 e. The summed E-state index contributed by atoms with van der Waals surface area (Å²) in [5, 5.41) is 1.74. The van der Waals surface area contributed by atoms with Gasteiger partial charge in [0.2, 0.25) is 11.7 Å². The van der Waals surface area contributed by atoms with Crippen LogP contribution in [-0.2, 0) is 4.79 Å². The molecule has 1 heterocycles. The van der Waals surface area contributed by atoms with E-state index < -0.39 is 34.9 Å². The minimum absolute atomic E-state index is 0.153. The van der Waals surface area contributed by atoms with E-state index in [4.69, 9.17) is 28.9 Å². The summed E-state index contributed by atoms with van der Waals surface area (Å²) in [4.78, 5) is 28.1. The third kappa shape index (κ3) is 3.53. The van der Waals surface area contributed by atoms with Crippen molar-refractivity contribution in [3.63, 3.8) is 0 Å². The van der Waals surface area contributed by atoms with Crippen LogP contribution in [0.2, 0.25) is 10.2 Å². The maximum absolute atomic E-state index is 13.9. The Kier molecular flexibility index (Phi) is 5.48. The fraction of sp³-hybridized carbons (Fsp3) is 0.133. The normalized spacial score (nSPS) is 11.9. The molecule has 2 rings (SSSR count). The first-order chi connectivity index (χ1) is 11.2. The van der Waals surface area contributed by atoms with Gasteiger partial charge in [-0.15, -0.1) is 0 Å². The Morgan fingerprint density at radius 1 is 1.21 bits per heavy atom. The number of rotatable bonds is 4. The topological polar surface area (TPSA) is 85.1 Å². The van der Waals surface area contributed by atoms with E-state index in [2.05, 4.69) is 10.3 Å². The van der Waals surface area contributed by atoms with Gasteiger partial charge in [-0.05, 0) is 19.1 Å². The number of nitrogens with two attached hydrogens (primary N) is 1. The average Bonchev–Trinajstić information content (AvgIpc) is 2.50. The number of pyridine rings is 1. The molecule has 0 radical (unpaired) electrons. The number of nitrogens with one attached hydrogen (secondary N) is 1. The first-order valence-electron chi connectivity index (χ1n) is 6.63. The molecule has 3 N–H and O–H groups in total. The van der Waals surface area contributed by atoms with Crippen LogP contribution in [-0.4, -0.2) is 22.7 Å². The summed E-state index contributed by atoms with van der Waals surface area (Å²) in [6.45, 7) is 1.41. The SMILES string of the molecule is C[C@H](N)C(=O)Nc1cnc(Cl)c(Cl)c1C(=O)c1c(F)cccc1F. The predicted octanol–water partition coefficient (Wildman–Crippen LogP) is 3.18. The van der Waals surface area contributed by atoms with Crippen molar-refractivity contribution in [2.24, 2.45) is 5.73 Å². The highest BCUT2D eigenvalue weighted by Crippen LogP contribution is 2.32. The van der Waals surface area contributed by atoms with Gasteiger partial charge >= 0.3 is 0 Å². The molecule has 0 aliphatic carbocycles. The van der Waals surface area contributed by atoms with Crippen LogP contribution >= 0.6 is 23.2 Å². The Morgan fingerprint density at radius 2 is 1.79 bits per heavy atom. The van der Waals surface area contributed by atoms with Crippen molar-refractivity contribution >= 4 is 40.6 Å². The summed E-state index contributed by atoms with van der Waals surface area (Å²) >= 11 is 11.7. The quantitative estimate of drug-likeness (QED) is 0.636. The van der Waals surface area contributed by atoms with Gasteiger partial charge in [0.1, 0.15) is 16.8 Å². The van der Waals surface area contributed by atoms with Crippen molar-refractivity contribution in [3.05, 3.63) is 57.3 Å². The zero-order chi connectivity index (χ0) is 18.0. The largest absolute Gasteiger partial charge is 0.323 e. The predicted molar refractivity (Wildman–Crippen MR) is 86.3 cm³/mol. The second-order valence-corrected chi connectivity index (χ2v) is 5.59. The first-order valence-corrected chi connectivity index (χ1v) is 7.38. The lowest BCUT2D eigenvalue weighted by atomic mass is 10.0. The number of halogens is 4. The van der Waals surface area contributed by atoms with Gasteiger partial charge in [-0.3, -0.25) is 9.59 Å². The summed E-state index contributed by atoms with van der Waals surface area (Å²) in [6, 6.07) is 2.06. The number of benzene rings is 1. The molecule has 0 spiro atoms. The Morgan fingerprint density at radius 3 is 2.33 bits per heavy atom. The highest BCUT2D eigenvalue weighted by Gasteiger charge is 2.26. The fourth-order valence-electron chi connectivity index (χ4n) is 1.87. The molecule has 5 nitrogen and oxygen atoms in total. The van der Waals surface area contributed by atoms with E-state index in [0.717, 1.165) is 24.4 Å². The van der Waals surface area contributed by atoms with E-state index in [0.29, 0.717) is 0 Å². The van der Waals surface area contributed by atoms with Crippen molar-refractivity contribution in [1.82, 2.24) is 4.98 Å².